The summed E-state index contributed by atoms with van der Waals surface area (Å²) in [6, 6.07) is 2.99. The first-order valence-electron chi connectivity index (χ1n) is 11.1. The topological polar surface area (TPSA) is 91.2 Å². The monoisotopic (exact) mass is 459 g/mol. The van der Waals surface area contributed by atoms with Crippen LogP contribution in [0.5, 0.6) is 0 Å². The summed E-state index contributed by atoms with van der Waals surface area (Å²) in [5.74, 6) is 3.59. The number of hydrogen-bond acceptors (Lipinski definition) is 7. The van der Waals surface area contributed by atoms with Gasteiger partial charge in [-0.15, -0.1) is 0 Å². The zero-order valence-corrected chi connectivity index (χ0v) is 18.8. The van der Waals surface area contributed by atoms with Gasteiger partial charge in [-0.1, -0.05) is 11.6 Å². The molecule has 0 aromatic carbocycles. The zero-order valence-electron chi connectivity index (χ0n) is 17.3. The minimum atomic E-state index is -1.02. The third-order valence-electron chi connectivity index (χ3n) is 7.53. The molecule has 7 nitrogen and oxygen atoms in total. The van der Waals surface area contributed by atoms with Crippen molar-refractivity contribution in [2.45, 2.75) is 73.4 Å². The summed E-state index contributed by atoms with van der Waals surface area (Å²) in [5.41, 5.74) is 0.828. The van der Waals surface area contributed by atoms with E-state index >= 15 is 0 Å². The van der Waals surface area contributed by atoms with Crippen molar-refractivity contribution in [3.63, 3.8) is 0 Å². The Kier molecular flexibility index (Phi) is 4.74. The Balaban J connectivity index is 1.28. The molecule has 2 bridgehead atoms. The zero-order chi connectivity index (χ0) is 21.2. The van der Waals surface area contributed by atoms with Crippen molar-refractivity contribution in [2.24, 2.45) is 0 Å². The summed E-state index contributed by atoms with van der Waals surface area (Å²) in [4.78, 5) is 17.2. The summed E-state index contributed by atoms with van der Waals surface area (Å²) in [7, 11) is -1.02. The van der Waals surface area contributed by atoms with E-state index in [2.05, 4.69) is 26.3 Å². The van der Waals surface area contributed by atoms with Gasteiger partial charge in [0.05, 0.1) is 32.9 Å². The highest BCUT2D eigenvalue weighted by Crippen LogP contribution is 2.48. The standard InChI is InChI=1S/C22H26ClN5O2S/c23-15-10-24-20(25-11-15)14-6-16-9-17(7-14)28(16)18-8-13-2-5-31(30)19(13)21(26-18)27-22(12-29)3-1-4-22/h8,10-11,14,16-17,29H,1-7,9,12H2,(H,26,27)/t14?,16?,17?,31-/m0/s1. The first-order chi connectivity index (χ1) is 15.0. The van der Waals surface area contributed by atoms with Gasteiger partial charge in [0.2, 0.25) is 0 Å². The Morgan fingerprint density at radius 1 is 1.23 bits per heavy atom. The van der Waals surface area contributed by atoms with Crippen LogP contribution in [0.1, 0.15) is 55.8 Å². The normalized spacial score (nSPS) is 30.3. The van der Waals surface area contributed by atoms with Gasteiger partial charge in [-0.25, -0.2) is 15.0 Å². The molecule has 31 heavy (non-hydrogen) atoms. The van der Waals surface area contributed by atoms with Crippen LogP contribution < -0.4 is 10.2 Å². The molecule has 4 fully saturated rings. The lowest BCUT2D eigenvalue weighted by Gasteiger charge is -2.56. The third-order valence-corrected chi connectivity index (χ3v) is 9.21. The minimum Gasteiger partial charge on any atom is -0.394 e. The fourth-order valence-electron chi connectivity index (χ4n) is 5.70. The molecule has 0 spiro atoms. The lowest BCUT2D eigenvalue weighted by molar-refractivity contribution is 0.143. The number of nitrogens with one attached hydrogen (secondary N) is 1. The quantitative estimate of drug-likeness (QED) is 0.710. The predicted octanol–water partition coefficient (Wildman–Crippen LogP) is 3.04. The maximum Gasteiger partial charge on any atom is 0.145 e. The molecule has 5 heterocycles. The van der Waals surface area contributed by atoms with Gasteiger partial charge in [0, 0.05) is 36.1 Å². The minimum absolute atomic E-state index is 0.0814. The summed E-state index contributed by atoms with van der Waals surface area (Å²) in [6.07, 6.45) is 10.3. The van der Waals surface area contributed by atoms with Crippen molar-refractivity contribution < 1.29 is 9.32 Å². The molecule has 0 amide bonds. The fraction of sp³-hybridized carbons (Fsp3) is 0.591. The molecule has 3 aliphatic heterocycles. The molecule has 2 saturated heterocycles. The Morgan fingerprint density at radius 3 is 2.61 bits per heavy atom. The first-order valence-corrected chi connectivity index (χ1v) is 12.8. The van der Waals surface area contributed by atoms with E-state index in [-0.39, 0.29) is 12.1 Å². The fourth-order valence-corrected chi connectivity index (χ4v) is 7.17. The number of halogens is 1. The van der Waals surface area contributed by atoms with Crippen LogP contribution in [0.15, 0.2) is 23.4 Å². The maximum atomic E-state index is 12.7. The van der Waals surface area contributed by atoms with Crippen molar-refractivity contribution >= 4 is 34.0 Å². The summed E-state index contributed by atoms with van der Waals surface area (Å²) in [6.45, 7) is 0.0814. The number of piperidine rings is 1. The Bertz CT molecular complexity index is 1030. The molecule has 2 N–H and O–H groups in total. The number of aryl methyl sites for hydroxylation is 1. The molecule has 2 saturated carbocycles. The first kappa shape index (κ1) is 19.9. The smallest absolute Gasteiger partial charge is 0.145 e. The van der Waals surface area contributed by atoms with E-state index in [1.54, 1.807) is 12.4 Å². The van der Waals surface area contributed by atoms with Crippen LogP contribution in [-0.2, 0) is 17.2 Å². The number of pyridine rings is 1. The van der Waals surface area contributed by atoms with Crippen LogP contribution in [0.25, 0.3) is 0 Å². The van der Waals surface area contributed by atoms with Gasteiger partial charge in [-0.05, 0) is 56.6 Å². The summed E-state index contributed by atoms with van der Waals surface area (Å²) >= 11 is 5.95. The van der Waals surface area contributed by atoms with Gasteiger partial charge in [0.1, 0.15) is 17.5 Å². The van der Waals surface area contributed by atoms with Gasteiger partial charge < -0.3 is 15.3 Å². The van der Waals surface area contributed by atoms with Crippen molar-refractivity contribution in [1.82, 2.24) is 15.0 Å². The van der Waals surface area contributed by atoms with Crippen molar-refractivity contribution in [2.75, 3.05) is 22.6 Å². The Hall–Kier alpha value is -1.77. The third kappa shape index (κ3) is 3.26. The van der Waals surface area contributed by atoms with Crippen LogP contribution >= 0.6 is 11.6 Å². The van der Waals surface area contributed by atoms with E-state index in [1.165, 1.54) is 0 Å². The van der Waals surface area contributed by atoms with Gasteiger partial charge >= 0.3 is 0 Å². The van der Waals surface area contributed by atoms with Gasteiger partial charge in [-0.2, -0.15) is 0 Å². The average Bonchev–Trinajstić information content (AvgIpc) is 3.12. The highest BCUT2D eigenvalue weighted by atomic mass is 35.5. The second-order valence-corrected chi connectivity index (χ2v) is 11.4. The van der Waals surface area contributed by atoms with Gasteiger partial charge in [0.15, 0.2) is 0 Å². The van der Waals surface area contributed by atoms with Crippen LogP contribution in [-0.4, -0.2) is 54.2 Å². The molecule has 5 aliphatic rings. The van der Waals surface area contributed by atoms with E-state index in [9.17, 15) is 9.32 Å². The molecule has 0 radical (unpaired) electrons. The average molecular weight is 460 g/mol. The van der Waals surface area contributed by atoms with Crippen molar-refractivity contribution in [3.05, 3.63) is 34.9 Å². The second-order valence-electron chi connectivity index (χ2n) is 9.41. The molecule has 9 heteroatoms. The van der Waals surface area contributed by atoms with Crippen molar-refractivity contribution in [1.29, 1.82) is 0 Å². The molecular formula is C22H26ClN5O2S. The molecule has 2 unspecified atom stereocenters. The largest absolute Gasteiger partial charge is 0.394 e. The number of aliphatic hydroxyl groups is 1. The number of hydrogen-bond donors (Lipinski definition) is 2. The van der Waals surface area contributed by atoms with E-state index in [4.69, 9.17) is 16.6 Å². The molecule has 2 aromatic heterocycles. The van der Waals surface area contributed by atoms with Gasteiger partial charge in [0.25, 0.3) is 0 Å². The molecule has 2 aliphatic carbocycles. The van der Waals surface area contributed by atoms with Crippen LogP contribution in [0, 0.1) is 0 Å². The number of aliphatic hydroxyl groups excluding tert-OH is 1. The molecular weight excluding hydrogens is 434 g/mol. The second kappa shape index (κ2) is 7.39. The number of anilines is 2. The number of aromatic nitrogens is 3. The molecule has 3 atom stereocenters. The van der Waals surface area contributed by atoms with E-state index in [0.29, 0.717) is 28.8 Å². The van der Waals surface area contributed by atoms with E-state index in [1.807, 2.05) is 0 Å². The van der Waals surface area contributed by atoms with Crippen LogP contribution in [0.4, 0.5) is 11.6 Å². The number of fused-ring (bicyclic) bond motifs is 3. The molecule has 7 rings (SSSR count). The predicted molar refractivity (Wildman–Crippen MR) is 120 cm³/mol. The van der Waals surface area contributed by atoms with Crippen LogP contribution in [0.3, 0.4) is 0 Å². The van der Waals surface area contributed by atoms with Crippen molar-refractivity contribution in [3.8, 4) is 0 Å². The number of rotatable bonds is 5. The Labute approximate surface area is 189 Å². The lowest BCUT2D eigenvalue weighted by atomic mass is 9.73. The lowest BCUT2D eigenvalue weighted by Crippen LogP contribution is -2.61. The maximum absolute atomic E-state index is 12.7. The SMILES string of the molecule is O=[S@]1CCc2cc(N3C4CC(c5ncc(Cl)cn5)CC3C4)nc(NC3(CO)CCC3)c21. The van der Waals surface area contributed by atoms with E-state index in [0.717, 1.165) is 72.9 Å². The van der Waals surface area contributed by atoms with E-state index < -0.39 is 10.8 Å². The summed E-state index contributed by atoms with van der Waals surface area (Å²) < 4.78 is 12.7. The summed E-state index contributed by atoms with van der Waals surface area (Å²) in [5, 5.41) is 14.0. The molecule has 2 aromatic rings. The molecule has 164 valence electrons. The highest BCUT2D eigenvalue weighted by Gasteiger charge is 2.47. The highest BCUT2D eigenvalue weighted by molar-refractivity contribution is 7.85. The van der Waals surface area contributed by atoms with Crippen LogP contribution in [0.2, 0.25) is 5.02 Å². The Morgan fingerprint density at radius 2 is 1.97 bits per heavy atom. The number of nitrogens with zero attached hydrogens (tertiary/aromatic N) is 4. The van der Waals surface area contributed by atoms with Gasteiger partial charge in [-0.3, -0.25) is 4.21 Å².